The van der Waals surface area contributed by atoms with E-state index in [4.69, 9.17) is 4.74 Å². The van der Waals surface area contributed by atoms with Crippen LogP contribution >= 0.6 is 0 Å². The van der Waals surface area contributed by atoms with Crippen molar-refractivity contribution in [2.45, 2.75) is 38.5 Å². The standard InChI is InChI=1S/C19H28N6O2/c1-10-15(11(2)24(5)21-10)13-9-14(25(6)22-13)19(26)20-16-12-7-8-27-18(12)17(16)23(3)4/h9,12,16-18H,7-8H2,1-6H3,(H,20,26)/t12-,16+,17-,18-/m0/s1. The minimum Gasteiger partial charge on any atom is -0.376 e. The molecule has 2 fully saturated rings. The molecular formula is C19H28N6O2. The smallest absolute Gasteiger partial charge is 0.269 e. The first-order chi connectivity index (χ1) is 12.8. The van der Waals surface area contributed by atoms with Crippen molar-refractivity contribution in [3.8, 4) is 11.3 Å². The number of likely N-dealkylation sites (N-methyl/N-ethyl adjacent to an activating group) is 1. The molecule has 2 aromatic heterocycles. The van der Waals surface area contributed by atoms with Gasteiger partial charge in [-0.2, -0.15) is 10.2 Å². The van der Waals surface area contributed by atoms with Crippen LogP contribution in [0.15, 0.2) is 6.07 Å². The van der Waals surface area contributed by atoms with Crippen LogP contribution in [0, 0.1) is 19.8 Å². The summed E-state index contributed by atoms with van der Waals surface area (Å²) in [4.78, 5) is 15.1. The molecule has 1 amide bonds. The third-order valence-electron chi connectivity index (χ3n) is 6.12. The van der Waals surface area contributed by atoms with E-state index in [-0.39, 0.29) is 24.1 Å². The average molecular weight is 372 g/mol. The Hall–Kier alpha value is -2.19. The Bertz CT molecular complexity index is 883. The molecule has 8 heteroatoms. The molecule has 1 aliphatic heterocycles. The molecule has 27 heavy (non-hydrogen) atoms. The summed E-state index contributed by atoms with van der Waals surface area (Å²) < 4.78 is 9.34. The molecule has 1 saturated heterocycles. The second-order valence-corrected chi connectivity index (χ2v) is 7.95. The predicted molar refractivity (Wildman–Crippen MR) is 101 cm³/mol. The van der Waals surface area contributed by atoms with Crippen molar-refractivity contribution in [3.63, 3.8) is 0 Å². The van der Waals surface area contributed by atoms with Crippen LogP contribution < -0.4 is 5.32 Å². The predicted octanol–water partition coefficient (Wildman–Crippen LogP) is 0.885. The van der Waals surface area contributed by atoms with Gasteiger partial charge in [-0.15, -0.1) is 0 Å². The van der Waals surface area contributed by atoms with Crippen molar-refractivity contribution in [2.75, 3.05) is 20.7 Å². The Morgan fingerprint density at radius 2 is 2.00 bits per heavy atom. The van der Waals surface area contributed by atoms with Crippen molar-refractivity contribution in [1.82, 2.24) is 29.8 Å². The van der Waals surface area contributed by atoms with Gasteiger partial charge >= 0.3 is 0 Å². The number of nitrogens with one attached hydrogen (secondary N) is 1. The van der Waals surface area contributed by atoms with Crippen molar-refractivity contribution >= 4 is 5.91 Å². The number of aromatic nitrogens is 4. The van der Waals surface area contributed by atoms with Gasteiger partial charge in [0.15, 0.2) is 0 Å². The minimum absolute atomic E-state index is 0.0855. The maximum Gasteiger partial charge on any atom is 0.269 e. The van der Waals surface area contributed by atoms with E-state index in [1.165, 1.54) is 0 Å². The van der Waals surface area contributed by atoms with E-state index in [0.717, 1.165) is 35.7 Å². The van der Waals surface area contributed by atoms with E-state index >= 15 is 0 Å². The summed E-state index contributed by atoms with van der Waals surface area (Å²) in [5.41, 5.74) is 4.29. The van der Waals surface area contributed by atoms with E-state index in [2.05, 4.69) is 20.4 Å². The molecule has 4 rings (SSSR count). The van der Waals surface area contributed by atoms with Crippen molar-refractivity contribution in [1.29, 1.82) is 0 Å². The van der Waals surface area contributed by atoms with Gasteiger partial charge in [0.2, 0.25) is 0 Å². The van der Waals surface area contributed by atoms with Crippen LogP contribution in [0.3, 0.4) is 0 Å². The number of nitrogens with zero attached hydrogens (tertiary/aromatic N) is 5. The number of carbonyl (C=O) groups excluding carboxylic acids is 1. The number of aryl methyl sites for hydroxylation is 3. The van der Waals surface area contributed by atoms with E-state index in [1.54, 1.807) is 4.68 Å². The molecule has 4 atom stereocenters. The van der Waals surface area contributed by atoms with E-state index in [1.807, 2.05) is 52.8 Å². The largest absolute Gasteiger partial charge is 0.376 e. The summed E-state index contributed by atoms with van der Waals surface area (Å²) in [5.74, 6) is 0.314. The first-order valence-electron chi connectivity index (χ1n) is 9.43. The quantitative estimate of drug-likeness (QED) is 0.862. The van der Waals surface area contributed by atoms with Gasteiger partial charge in [-0.1, -0.05) is 0 Å². The third-order valence-corrected chi connectivity index (χ3v) is 6.12. The molecule has 2 aromatic rings. The van der Waals surface area contributed by atoms with Gasteiger partial charge in [0.1, 0.15) is 5.69 Å². The highest BCUT2D eigenvalue weighted by atomic mass is 16.5. The Labute approximate surface area is 159 Å². The number of amides is 1. The molecule has 3 heterocycles. The summed E-state index contributed by atoms with van der Waals surface area (Å²) >= 11 is 0. The highest BCUT2D eigenvalue weighted by Gasteiger charge is 2.55. The van der Waals surface area contributed by atoms with Crippen molar-refractivity contribution in [2.24, 2.45) is 20.0 Å². The van der Waals surface area contributed by atoms with E-state index in [9.17, 15) is 4.79 Å². The van der Waals surface area contributed by atoms with E-state index < -0.39 is 0 Å². The normalized spacial score (nSPS) is 26.9. The van der Waals surface area contributed by atoms with Gasteiger partial charge in [-0.3, -0.25) is 14.2 Å². The molecule has 0 spiro atoms. The number of hydrogen-bond donors (Lipinski definition) is 1. The number of hydrogen-bond acceptors (Lipinski definition) is 5. The molecule has 0 radical (unpaired) electrons. The second kappa shape index (κ2) is 6.45. The number of fused-ring (bicyclic) bond motifs is 1. The Kier molecular flexibility index (Phi) is 4.35. The van der Waals surface area contributed by atoms with Crippen LogP contribution in [0.4, 0.5) is 0 Å². The van der Waals surface area contributed by atoms with E-state index in [0.29, 0.717) is 11.6 Å². The molecule has 1 aliphatic carbocycles. The fraction of sp³-hybridized carbons (Fsp3) is 0.632. The van der Waals surface area contributed by atoms with Gasteiger partial charge in [-0.05, 0) is 40.4 Å². The number of rotatable bonds is 4. The SMILES string of the molecule is Cc1nn(C)c(C)c1-c1cc(C(=O)N[C@@H]2[C@@H]3CCO[C@@H]3[C@H]2N(C)C)n(C)n1. The molecule has 146 valence electrons. The molecule has 2 aliphatic rings. The highest BCUT2D eigenvalue weighted by Crippen LogP contribution is 2.41. The topological polar surface area (TPSA) is 77.2 Å². The lowest BCUT2D eigenvalue weighted by atomic mass is 9.71. The lowest BCUT2D eigenvalue weighted by Gasteiger charge is -2.50. The van der Waals surface area contributed by atoms with Crippen molar-refractivity contribution < 1.29 is 9.53 Å². The second-order valence-electron chi connectivity index (χ2n) is 7.95. The van der Waals surface area contributed by atoms with Gasteiger partial charge in [-0.25, -0.2) is 0 Å². The summed E-state index contributed by atoms with van der Waals surface area (Å²) in [7, 11) is 7.81. The molecule has 1 N–H and O–H groups in total. The highest BCUT2D eigenvalue weighted by molar-refractivity contribution is 5.94. The number of ether oxygens (including phenoxy) is 1. The Morgan fingerprint density at radius 1 is 1.26 bits per heavy atom. The zero-order chi connectivity index (χ0) is 19.5. The molecular weight excluding hydrogens is 344 g/mol. The van der Waals surface area contributed by atoms with Gasteiger partial charge < -0.3 is 15.0 Å². The average Bonchev–Trinajstić information content (AvgIpc) is 3.22. The summed E-state index contributed by atoms with van der Waals surface area (Å²) in [5, 5.41) is 12.3. The Morgan fingerprint density at radius 3 is 2.63 bits per heavy atom. The van der Waals surface area contributed by atoms with Crippen LogP contribution in [0.5, 0.6) is 0 Å². The number of carbonyl (C=O) groups is 1. The van der Waals surface area contributed by atoms with Crippen LogP contribution in [-0.2, 0) is 18.8 Å². The van der Waals surface area contributed by atoms with Crippen LogP contribution in [0.25, 0.3) is 11.3 Å². The van der Waals surface area contributed by atoms with Crippen LogP contribution in [-0.4, -0.2) is 69.3 Å². The molecule has 0 aromatic carbocycles. The first-order valence-corrected chi connectivity index (χ1v) is 9.43. The Balaban J connectivity index is 1.57. The fourth-order valence-corrected chi connectivity index (χ4v) is 4.65. The first kappa shape index (κ1) is 18.2. The zero-order valence-corrected chi connectivity index (χ0v) is 16.9. The monoisotopic (exact) mass is 372 g/mol. The third kappa shape index (κ3) is 2.78. The zero-order valence-electron chi connectivity index (χ0n) is 16.9. The van der Waals surface area contributed by atoms with Gasteiger partial charge in [0.05, 0.1) is 29.6 Å². The summed E-state index contributed by atoms with van der Waals surface area (Å²) in [6, 6.07) is 2.19. The maximum atomic E-state index is 13.0. The van der Waals surface area contributed by atoms with Gasteiger partial charge in [0, 0.05) is 37.9 Å². The fourth-order valence-electron chi connectivity index (χ4n) is 4.65. The van der Waals surface area contributed by atoms with Crippen LogP contribution in [0.1, 0.15) is 28.3 Å². The summed E-state index contributed by atoms with van der Waals surface area (Å²) in [6.45, 7) is 4.76. The van der Waals surface area contributed by atoms with Crippen molar-refractivity contribution in [3.05, 3.63) is 23.1 Å². The van der Waals surface area contributed by atoms with Crippen LogP contribution in [0.2, 0.25) is 0 Å². The lowest BCUT2D eigenvalue weighted by Crippen LogP contribution is -2.69. The molecule has 8 nitrogen and oxygen atoms in total. The van der Waals surface area contributed by atoms with Gasteiger partial charge in [0.25, 0.3) is 5.91 Å². The summed E-state index contributed by atoms with van der Waals surface area (Å²) in [6.07, 6.45) is 1.23. The maximum absolute atomic E-state index is 13.0. The minimum atomic E-state index is -0.0855. The molecule has 1 saturated carbocycles. The molecule has 0 bridgehead atoms. The lowest BCUT2D eigenvalue weighted by molar-refractivity contribution is -0.0664. The molecule has 0 unspecified atom stereocenters.